The van der Waals surface area contributed by atoms with Gasteiger partial charge in [-0.2, -0.15) is 0 Å². The molecule has 0 bridgehead atoms. The Morgan fingerprint density at radius 1 is 0.968 bits per heavy atom. The van der Waals surface area contributed by atoms with Crippen molar-refractivity contribution in [3.05, 3.63) is 83.1 Å². The number of amides is 1. The zero-order valence-electron chi connectivity index (χ0n) is 16.4. The third-order valence-corrected chi connectivity index (χ3v) is 4.31. The highest BCUT2D eigenvalue weighted by Gasteiger charge is 2.17. The average molecular weight is 439 g/mol. The van der Waals surface area contributed by atoms with E-state index < -0.39 is 18.5 Å². The van der Waals surface area contributed by atoms with Gasteiger partial charge in [0.2, 0.25) is 5.95 Å². The molecule has 0 aliphatic rings. The van der Waals surface area contributed by atoms with Gasteiger partial charge in [-0.05, 0) is 24.3 Å². The van der Waals surface area contributed by atoms with Gasteiger partial charge >= 0.3 is 5.97 Å². The minimum absolute atomic E-state index is 0.0320. The second kappa shape index (κ2) is 10.8. The third-order valence-electron chi connectivity index (χ3n) is 4.08. The first-order valence-corrected chi connectivity index (χ1v) is 9.76. The van der Waals surface area contributed by atoms with Gasteiger partial charge in [0.25, 0.3) is 5.91 Å². The summed E-state index contributed by atoms with van der Waals surface area (Å²) in [6, 6.07) is 14.9. The number of benzene rings is 2. The van der Waals surface area contributed by atoms with Gasteiger partial charge < -0.3 is 15.4 Å². The summed E-state index contributed by atoms with van der Waals surface area (Å²) in [4.78, 5) is 44.8. The summed E-state index contributed by atoms with van der Waals surface area (Å²) in [6.07, 6.45) is 3.18. The van der Waals surface area contributed by atoms with Gasteiger partial charge in [0, 0.05) is 35.1 Å². The van der Waals surface area contributed by atoms with Crippen LogP contribution in [-0.2, 0) is 14.3 Å². The van der Waals surface area contributed by atoms with Gasteiger partial charge in [0.15, 0.2) is 12.4 Å². The maximum absolute atomic E-state index is 12.8. The number of hydrogen-bond donors (Lipinski definition) is 2. The fourth-order valence-electron chi connectivity index (χ4n) is 2.63. The highest BCUT2D eigenvalue weighted by atomic mass is 35.5. The molecule has 0 aliphatic carbocycles. The van der Waals surface area contributed by atoms with Gasteiger partial charge in [-0.1, -0.05) is 41.9 Å². The predicted molar refractivity (Wildman–Crippen MR) is 116 cm³/mol. The highest BCUT2D eigenvalue weighted by molar-refractivity contribution is 6.31. The standard InChI is InChI=1S/C22H19ClN4O4/c23-16-7-8-18(17(13-16)21(30)15-5-2-1-3-6-15)27-19(28)14-31-20(29)9-12-26-22-24-10-4-11-25-22/h1-8,10-11,13H,9,12,14H2,(H,27,28)(H,24,25,26). The van der Waals surface area contributed by atoms with Gasteiger partial charge in [-0.15, -0.1) is 0 Å². The molecule has 0 spiro atoms. The molecule has 0 atom stereocenters. The molecule has 3 aromatic rings. The Morgan fingerprint density at radius 2 is 1.71 bits per heavy atom. The van der Waals surface area contributed by atoms with Crippen LogP contribution in [0.4, 0.5) is 11.6 Å². The number of carbonyl (C=O) groups is 3. The lowest BCUT2D eigenvalue weighted by Gasteiger charge is -2.11. The van der Waals surface area contributed by atoms with Crippen LogP contribution in [-0.4, -0.2) is 40.8 Å². The smallest absolute Gasteiger partial charge is 0.308 e. The SMILES string of the molecule is O=C(COC(=O)CCNc1ncccn1)Nc1ccc(Cl)cc1C(=O)c1ccccc1. The number of halogens is 1. The van der Waals surface area contributed by atoms with Crippen LogP contribution in [0.3, 0.4) is 0 Å². The first-order chi connectivity index (χ1) is 15.0. The molecule has 0 aliphatic heterocycles. The van der Waals surface area contributed by atoms with E-state index in [0.717, 1.165) is 0 Å². The number of nitrogens with zero attached hydrogens (tertiary/aromatic N) is 2. The topological polar surface area (TPSA) is 110 Å². The largest absolute Gasteiger partial charge is 0.456 e. The molecule has 0 fully saturated rings. The van der Waals surface area contributed by atoms with E-state index in [1.54, 1.807) is 54.9 Å². The summed E-state index contributed by atoms with van der Waals surface area (Å²) in [7, 11) is 0. The van der Waals surface area contributed by atoms with E-state index in [9.17, 15) is 14.4 Å². The van der Waals surface area contributed by atoms with Crippen LogP contribution < -0.4 is 10.6 Å². The normalized spacial score (nSPS) is 10.2. The number of ketones is 1. The summed E-state index contributed by atoms with van der Waals surface area (Å²) in [5.74, 6) is -1.02. The molecule has 8 nitrogen and oxygen atoms in total. The molecule has 1 aromatic heterocycles. The number of carbonyl (C=O) groups excluding carboxylic acids is 3. The van der Waals surface area contributed by atoms with Crippen LogP contribution in [0, 0.1) is 0 Å². The van der Waals surface area contributed by atoms with Crippen molar-refractivity contribution in [2.75, 3.05) is 23.8 Å². The minimum Gasteiger partial charge on any atom is -0.456 e. The Labute approximate surface area is 183 Å². The Bertz CT molecular complexity index is 1060. The molecule has 9 heteroatoms. The van der Waals surface area contributed by atoms with E-state index in [2.05, 4.69) is 20.6 Å². The van der Waals surface area contributed by atoms with Crippen molar-refractivity contribution in [3.8, 4) is 0 Å². The summed E-state index contributed by atoms with van der Waals surface area (Å²) in [6.45, 7) is -0.223. The fourth-order valence-corrected chi connectivity index (χ4v) is 2.80. The second-order valence-electron chi connectivity index (χ2n) is 6.34. The van der Waals surface area contributed by atoms with E-state index in [-0.39, 0.29) is 30.0 Å². The van der Waals surface area contributed by atoms with Crippen molar-refractivity contribution in [2.24, 2.45) is 0 Å². The summed E-state index contributed by atoms with van der Waals surface area (Å²) in [5.41, 5.74) is 0.981. The van der Waals surface area contributed by atoms with Crippen molar-refractivity contribution < 1.29 is 19.1 Å². The second-order valence-corrected chi connectivity index (χ2v) is 6.78. The fraction of sp³-hybridized carbons (Fsp3) is 0.136. The lowest BCUT2D eigenvalue weighted by molar-refractivity contribution is -0.147. The average Bonchev–Trinajstić information content (AvgIpc) is 2.80. The van der Waals surface area contributed by atoms with Crippen LogP contribution in [0.5, 0.6) is 0 Å². The Kier molecular flexibility index (Phi) is 7.67. The number of nitrogens with one attached hydrogen (secondary N) is 2. The number of anilines is 2. The highest BCUT2D eigenvalue weighted by Crippen LogP contribution is 2.23. The zero-order valence-corrected chi connectivity index (χ0v) is 17.1. The molecule has 31 heavy (non-hydrogen) atoms. The maximum atomic E-state index is 12.8. The van der Waals surface area contributed by atoms with Crippen molar-refractivity contribution in [2.45, 2.75) is 6.42 Å². The molecular formula is C22H19ClN4O4. The van der Waals surface area contributed by atoms with E-state index in [4.69, 9.17) is 16.3 Å². The number of aromatic nitrogens is 2. The summed E-state index contributed by atoms with van der Waals surface area (Å²) >= 11 is 6.03. The molecule has 2 N–H and O–H groups in total. The molecule has 3 rings (SSSR count). The van der Waals surface area contributed by atoms with E-state index in [1.807, 2.05) is 0 Å². The molecule has 0 saturated heterocycles. The first-order valence-electron chi connectivity index (χ1n) is 9.38. The van der Waals surface area contributed by atoms with Gasteiger partial charge in [0.1, 0.15) is 0 Å². The number of esters is 1. The Balaban J connectivity index is 1.53. The molecule has 0 unspecified atom stereocenters. The predicted octanol–water partition coefficient (Wildman–Crippen LogP) is 3.34. The Morgan fingerprint density at radius 3 is 2.45 bits per heavy atom. The number of ether oxygens (including phenoxy) is 1. The zero-order chi connectivity index (χ0) is 22.1. The van der Waals surface area contributed by atoms with Gasteiger partial charge in [0.05, 0.1) is 12.1 Å². The molecular weight excluding hydrogens is 420 g/mol. The van der Waals surface area contributed by atoms with E-state index in [0.29, 0.717) is 16.5 Å². The maximum Gasteiger partial charge on any atom is 0.308 e. The number of hydrogen-bond acceptors (Lipinski definition) is 7. The summed E-state index contributed by atoms with van der Waals surface area (Å²) in [5, 5.41) is 5.82. The van der Waals surface area contributed by atoms with E-state index in [1.165, 1.54) is 12.1 Å². The van der Waals surface area contributed by atoms with Crippen LogP contribution in [0.2, 0.25) is 5.02 Å². The molecule has 1 heterocycles. The quantitative estimate of drug-likeness (QED) is 0.389. The Hall–Kier alpha value is -3.78. The van der Waals surface area contributed by atoms with Crippen molar-refractivity contribution in [1.29, 1.82) is 0 Å². The molecule has 1 amide bonds. The van der Waals surface area contributed by atoms with Crippen LogP contribution in [0.1, 0.15) is 22.3 Å². The van der Waals surface area contributed by atoms with Crippen LogP contribution >= 0.6 is 11.6 Å². The van der Waals surface area contributed by atoms with Crippen molar-refractivity contribution in [1.82, 2.24) is 9.97 Å². The lowest BCUT2D eigenvalue weighted by Crippen LogP contribution is -2.23. The van der Waals surface area contributed by atoms with Crippen molar-refractivity contribution >= 4 is 40.9 Å². The molecule has 158 valence electrons. The minimum atomic E-state index is -0.572. The number of rotatable bonds is 9. The van der Waals surface area contributed by atoms with Crippen LogP contribution in [0.25, 0.3) is 0 Å². The first kappa shape index (κ1) is 21.9. The molecule has 0 saturated carbocycles. The summed E-state index contributed by atoms with van der Waals surface area (Å²) < 4.78 is 4.98. The van der Waals surface area contributed by atoms with E-state index >= 15 is 0 Å². The van der Waals surface area contributed by atoms with Crippen molar-refractivity contribution in [3.63, 3.8) is 0 Å². The van der Waals surface area contributed by atoms with Crippen LogP contribution in [0.15, 0.2) is 67.0 Å². The van der Waals surface area contributed by atoms with Gasteiger partial charge in [-0.3, -0.25) is 14.4 Å². The molecule has 2 aromatic carbocycles. The lowest BCUT2D eigenvalue weighted by atomic mass is 10.0. The van der Waals surface area contributed by atoms with Gasteiger partial charge in [-0.25, -0.2) is 9.97 Å². The third kappa shape index (κ3) is 6.61. The molecule has 0 radical (unpaired) electrons. The monoisotopic (exact) mass is 438 g/mol.